The molecule has 2 saturated heterocycles. The lowest BCUT2D eigenvalue weighted by Gasteiger charge is -2.35. The zero-order valence-corrected chi connectivity index (χ0v) is 46.1. The van der Waals surface area contributed by atoms with Crippen molar-refractivity contribution in [3.63, 3.8) is 0 Å². The second kappa shape index (κ2) is 25.5. The van der Waals surface area contributed by atoms with E-state index in [1.807, 2.05) is 34.9 Å². The van der Waals surface area contributed by atoms with E-state index in [0.29, 0.717) is 48.2 Å². The van der Waals surface area contributed by atoms with E-state index in [1.165, 1.54) is 7.05 Å². The van der Waals surface area contributed by atoms with Crippen LogP contribution in [0.4, 0.5) is 61.2 Å². The van der Waals surface area contributed by atoms with E-state index in [0.717, 1.165) is 77.1 Å². The van der Waals surface area contributed by atoms with Gasteiger partial charge in [-0.1, -0.05) is 12.8 Å². The van der Waals surface area contributed by atoms with Crippen molar-refractivity contribution in [1.82, 2.24) is 50.2 Å². The highest BCUT2D eigenvalue weighted by atomic mass is 19.4. The number of benzene rings is 2. The summed E-state index contributed by atoms with van der Waals surface area (Å²) in [6.07, 6.45) is -0.461. The first-order chi connectivity index (χ1) is 37.3. The third-order valence-corrected chi connectivity index (χ3v) is 15.2. The van der Waals surface area contributed by atoms with Gasteiger partial charge < -0.3 is 51.5 Å². The maximum absolute atomic E-state index is 13.8. The van der Waals surface area contributed by atoms with E-state index in [1.54, 1.807) is 58.3 Å². The van der Waals surface area contributed by atoms with Gasteiger partial charge in [-0.25, -0.2) is 9.97 Å². The molecule has 0 spiro atoms. The first-order valence-electron chi connectivity index (χ1n) is 26.9. The van der Waals surface area contributed by atoms with E-state index in [2.05, 4.69) is 75.7 Å². The summed E-state index contributed by atoms with van der Waals surface area (Å²) >= 11 is 0. The van der Waals surface area contributed by atoms with Crippen molar-refractivity contribution in [2.45, 2.75) is 127 Å². The summed E-state index contributed by atoms with van der Waals surface area (Å²) in [5.41, 5.74) is -0.347. The number of carbonyl (C=O) groups is 4. The van der Waals surface area contributed by atoms with Crippen LogP contribution in [0.25, 0.3) is 0 Å². The van der Waals surface area contributed by atoms with E-state index in [4.69, 9.17) is 0 Å². The number of nitrogens with one attached hydrogen (secondary N) is 6. The number of rotatable bonds is 14. The molecule has 4 heterocycles. The number of likely N-dealkylation sites (tertiary alicyclic amines) is 2. The fourth-order valence-electron chi connectivity index (χ4n) is 10.6. The number of nitrogens with zero attached hydrogens (tertiary/aromatic N) is 8. The molecule has 4 aliphatic rings. The zero-order valence-electron chi connectivity index (χ0n) is 46.1. The normalized spacial score (nSPS) is 20.6. The van der Waals surface area contributed by atoms with E-state index in [-0.39, 0.29) is 59.2 Å². The average molecular weight is 1110 g/mol. The molecule has 2 saturated carbocycles. The van der Waals surface area contributed by atoms with Gasteiger partial charge >= 0.3 is 12.4 Å². The Morgan fingerprint density at radius 2 is 0.924 bits per heavy atom. The van der Waals surface area contributed by atoms with Crippen LogP contribution in [0.2, 0.25) is 0 Å². The Balaban J connectivity index is 0.000000229. The summed E-state index contributed by atoms with van der Waals surface area (Å²) in [5.74, 6) is -2.28. The Bertz CT molecular complexity index is 2730. The van der Waals surface area contributed by atoms with Gasteiger partial charge in [0.05, 0.1) is 11.8 Å². The minimum atomic E-state index is -4.68. The number of anilines is 6. The van der Waals surface area contributed by atoms with Gasteiger partial charge in [-0.2, -0.15) is 36.3 Å². The Hall–Kier alpha value is -6.82. The standard InChI is InChI=1S/C29H40F3N7O2.C26H34F3N7O2/c1-28(2,3)37-25(40)21-7-6-8-23(21)35-24-22(29(30,31)32)17-33-27(36-24)34-19-11-9-18(10-12-19)26(41)39(5)20-13-15-38(4)16-14-20;1-30-23(37)19-5-4-6-21(19)33-22-20(26(27,28)29)15-31-25(34-22)32-17-9-7-16(8-10-17)24(38)36(3)18-11-13-35(2)14-12-18/h9-12,17,20-21,23H,6-8,13-16H2,1-5H3,(H,37,40)(H2,33,34,35,36);7-10,15,18-19,21H,4-6,11-14H2,1-3H3,(H,30,37)(H2,31,32,33,34)/t21-,23+;19-,21+/m00/s1. The third-order valence-electron chi connectivity index (χ3n) is 15.2. The van der Waals surface area contributed by atoms with Crippen LogP contribution in [-0.4, -0.2) is 154 Å². The summed E-state index contributed by atoms with van der Waals surface area (Å²) in [6, 6.07) is 12.8. The number of aromatic nitrogens is 4. The predicted molar refractivity (Wildman–Crippen MR) is 290 cm³/mol. The lowest BCUT2D eigenvalue weighted by molar-refractivity contribution is -0.138. The zero-order chi connectivity index (χ0) is 57.4. The van der Waals surface area contributed by atoms with Crippen molar-refractivity contribution in [3.05, 3.63) is 83.2 Å². The molecule has 2 aromatic heterocycles. The molecule has 0 unspecified atom stereocenters. The largest absolute Gasteiger partial charge is 0.421 e. The van der Waals surface area contributed by atoms with Crippen molar-refractivity contribution in [2.75, 3.05) is 82.7 Å². The van der Waals surface area contributed by atoms with Crippen LogP contribution >= 0.6 is 0 Å². The second-order valence-corrected chi connectivity index (χ2v) is 22.1. The van der Waals surface area contributed by atoms with Gasteiger partial charge in [0.2, 0.25) is 23.7 Å². The number of halogens is 6. The van der Waals surface area contributed by atoms with Crippen molar-refractivity contribution < 1.29 is 45.5 Å². The van der Waals surface area contributed by atoms with Crippen LogP contribution in [0.15, 0.2) is 60.9 Å². The molecule has 6 N–H and O–H groups in total. The molecule has 2 aromatic carbocycles. The Morgan fingerprint density at radius 1 is 0.557 bits per heavy atom. The molecule has 0 bridgehead atoms. The maximum Gasteiger partial charge on any atom is 0.421 e. The van der Waals surface area contributed by atoms with Crippen LogP contribution in [0.3, 0.4) is 0 Å². The van der Waals surface area contributed by atoms with Crippen molar-refractivity contribution in [1.29, 1.82) is 0 Å². The second-order valence-electron chi connectivity index (χ2n) is 22.1. The molecule has 18 nitrogen and oxygen atoms in total. The molecular weight excluding hydrogens is 1030 g/mol. The fraction of sp³-hybridized carbons (Fsp3) is 0.564. The highest BCUT2D eigenvalue weighted by Crippen LogP contribution is 2.39. The topological polar surface area (TPSA) is 205 Å². The number of amides is 4. The minimum Gasteiger partial charge on any atom is -0.366 e. The lowest BCUT2D eigenvalue weighted by atomic mass is 10.00. The van der Waals surface area contributed by atoms with Crippen LogP contribution < -0.4 is 31.9 Å². The number of hydrogen-bond acceptors (Lipinski definition) is 14. The molecule has 430 valence electrons. The maximum atomic E-state index is 13.8. The molecule has 4 fully saturated rings. The monoisotopic (exact) mass is 1110 g/mol. The molecule has 4 amide bonds. The van der Waals surface area contributed by atoms with Gasteiger partial charge in [-0.3, -0.25) is 19.2 Å². The lowest BCUT2D eigenvalue weighted by Crippen LogP contribution is -2.46. The molecule has 2 aliphatic heterocycles. The third kappa shape index (κ3) is 15.9. The molecule has 79 heavy (non-hydrogen) atoms. The van der Waals surface area contributed by atoms with Crippen LogP contribution in [0.1, 0.15) is 117 Å². The molecule has 2 aliphatic carbocycles. The minimum absolute atomic E-state index is 0.0301. The molecule has 8 rings (SSSR count). The van der Waals surface area contributed by atoms with E-state index >= 15 is 0 Å². The van der Waals surface area contributed by atoms with E-state index in [9.17, 15) is 45.5 Å². The van der Waals surface area contributed by atoms with Gasteiger partial charge in [-0.15, -0.1) is 0 Å². The summed E-state index contributed by atoms with van der Waals surface area (Å²) in [7, 11) is 9.28. The van der Waals surface area contributed by atoms with Crippen molar-refractivity contribution >= 4 is 58.5 Å². The number of piperidine rings is 2. The van der Waals surface area contributed by atoms with Crippen molar-refractivity contribution in [3.8, 4) is 0 Å². The van der Waals surface area contributed by atoms with Crippen LogP contribution in [0, 0.1) is 11.8 Å². The highest BCUT2D eigenvalue weighted by molar-refractivity contribution is 5.95. The average Bonchev–Trinajstić information content (AvgIpc) is 4.14. The smallest absolute Gasteiger partial charge is 0.366 e. The van der Waals surface area contributed by atoms with Gasteiger partial charge in [-0.05, 0) is 161 Å². The fourth-order valence-corrected chi connectivity index (χ4v) is 10.6. The molecule has 24 heteroatoms. The summed E-state index contributed by atoms with van der Waals surface area (Å²) in [5, 5.41) is 17.1. The SMILES string of the molecule is CN1CCC(N(C)C(=O)c2ccc(Nc3ncc(C(F)(F)F)c(N[C@@H]4CCC[C@@H]4C(=O)NC(C)(C)C)n3)cc2)CC1.CNC(=O)[C@H]1CCC[C@H]1Nc1nc(Nc2ccc(C(=O)N(C)C3CCN(C)CC3)cc2)ncc1C(F)(F)F. The quantitative estimate of drug-likeness (QED) is 0.0655. The van der Waals surface area contributed by atoms with Crippen molar-refractivity contribution in [2.24, 2.45) is 11.8 Å². The van der Waals surface area contributed by atoms with Gasteiger partial charge in [0.1, 0.15) is 22.8 Å². The molecular formula is C55H74F6N14O4. The molecule has 4 atom stereocenters. The number of hydrogen-bond donors (Lipinski definition) is 6. The van der Waals surface area contributed by atoms with Gasteiger partial charge in [0.25, 0.3) is 11.8 Å². The molecule has 4 aromatic rings. The summed E-state index contributed by atoms with van der Waals surface area (Å²) in [4.78, 5) is 75.0. The Labute approximate surface area is 457 Å². The summed E-state index contributed by atoms with van der Waals surface area (Å²) < 4.78 is 82.6. The predicted octanol–water partition coefficient (Wildman–Crippen LogP) is 8.63. The summed E-state index contributed by atoms with van der Waals surface area (Å²) in [6.45, 7) is 9.38. The van der Waals surface area contributed by atoms with Crippen LogP contribution in [0.5, 0.6) is 0 Å². The first-order valence-corrected chi connectivity index (χ1v) is 26.9. The van der Waals surface area contributed by atoms with Gasteiger partial charge in [0.15, 0.2) is 0 Å². The highest BCUT2D eigenvalue weighted by Gasteiger charge is 2.41. The van der Waals surface area contributed by atoms with Crippen LogP contribution in [-0.2, 0) is 21.9 Å². The van der Waals surface area contributed by atoms with Gasteiger partial charge in [0, 0.05) is 85.7 Å². The Kier molecular flexibility index (Phi) is 19.3. The molecule has 0 radical (unpaired) electrons. The van der Waals surface area contributed by atoms with E-state index < -0.39 is 52.9 Å². The number of carbonyl (C=O) groups excluding carboxylic acids is 4. The Morgan fingerprint density at radius 3 is 1.27 bits per heavy atom. The number of alkyl halides is 6. The first kappa shape index (κ1) is 59.8.